The van der Waals surface area contributed by atoms with Crippen LogP contribution in [0.1, 0.15) is 11.1 Å². The summed E-state index contributed by atoms with van der Waals surface area (Å²) in [7, 11) is -1.61. The van der Waals surface area contributed by atoms with Crippen molar-refractivity contribution >= 4 is 38.4 Å². The molecule has 2 saturated heterocycles. The molecular weight excluding hydrogens is 348 g/mol. The summed E-state index contributed by atoms with van der Waals surface area (Å²) in [6, 6.07) is 5.75. The van der Waals surface area contributed by atoms with E-state index in [0.717, 1.165) is 16.8 Å². The molecule has 1 aromatic rings. The van der Waals surface area contributed by atoms with Crippen molar-refractivity contribution in [2.45, 2.75) is 25.1 Å². The van der Waals surface area contributed by atoms with Crippen molar-refractivity contribution in [2.24, 2.45) is 4.99 Å². The van der Waals surface area contributed by atoms with Crippen LogP contribution in [0.15, 0.2) is 23.2 Å². The molecule has 0 saturated carbocycles. The number of rotatable bonds is 3. The molecule has 2 fully saturated rings. The number of aryl methyl sites for hydroxylation is 2. The van der Waals surface area contributed by atoms with E-state index in [1.807, 2.05) is 36.9 Å². The predicted molar refractivity (Wildman–Crippen MR) is 96.5 cm³/mol. The molecule has 2 aliphatic rings. The average Bonchev–Trinajstić information content (AvgIpc) is 2.92. The van der Waals surface area contributed by atoms with Crippen LogP contribution < -0.4 is 4.90 Å². The lowest BCUT2D eigenvalue weighted by Gasteiger charge is -2.27. The van der Waals surface area contributed by atoms with Gasteiger partial charge in [0, 0.05) is 18.0 Å². The van der Waals surface area contributed by atoms with Gasteiger partial charge in [-0.1, -0.05) is 30.0 Å². The van der Waals surface area contributed by atoms with Crippen molar-refractivity contribution in [2.75, 3.05) is 30.1 Å². The minimum atomic E-state index is -3.06. The van der Waals surface area contributed by atoms with Gasteiger partial charge in [-0.05, 0) is 25.0 Å². The van der Waals surface area contributed by atoms with Crippen LogP contribution in [0.2, 0.25) is 0 Å². The van der Waals surface area contributed by atoms with E-state index in [9.17, 15) is 13.2 Å². The van der Waals surface area contributed by atoms with Gasteiger partial charge >= 0.3 is 0 Å². The van der Waals surface area contributed by atoms with Gasteiger partial charge in [-0.15, -0.1) is 0 Å². The maximum atomic E-state index is 12.1. The SMILES string of the molecule is COCC(=O)N=C1S[C@H]2CS(=O)(=O)C[C@H]2N1c1c(C)cccc1C. The Bertz CT molecular complexity index is 784. The van der Waals surface area contributed by atoms with E-state index in [2.05, 4.69) is 4.99 Å². The minimum absolute atomic E-state index is 0.0850. The number of nitrogens with zero attached hydrogens (tertiary/aromatic N) is 2. The molecule has 24 heavy (non-hydrogen) atoms. The summed E-state index contributed by atoms with van der Waals surface area (Å²) in [6.45, 7) is 3.88. The number of sulfone groups is 1. The van der Waals surface area contributed by atoms with Gasteiger partial charge in [0.1, 0.15) is 6.61 Å². The van der Waals surface area contributed by atoms with E-state index in [4.69, 9.17) is 4.74 Å². The van der Waals surface area contributed by atoms with Crippen LogP contribution in [0.5, 0.6) is 0 Å². The van der Waals surface area contributed by atoms with Gasteiger partial charge in [0.15, 0.2) is 15.0 Å². The van der Waals surface area contributed by atoms with Crippen LogP contribution >= 0.6 is 11.8 Å². The van der Waals surface area contributed by atoms with E-state index in [1.54, 1.807) is 0 Å². The molecule has 1 amide bonds. The summed E-state index contributed by atoms with van der Waals surface area (Å²) in [6.07, 6.45) is 0. The Labute approximate surface area is 146 Å². The summed E-state index contributed by atoms with van der Waals surface area (Å²) in [5, 5.41) is 0.474. The Morgan fingerprint density at radius 1 is 1.33 bits per heavy atom. The second kappa shape index (κ2) is 6.50. The van der Waals surface area contributed by atoms with Gasteiger partial charge in [-0.3, -0.25) is 4.79 Å². The Morgan fingerprint density at radius 3 is 2.62 bits per heavy atom. The van der Waals surface area contributed by atoms with Gasteiger partial charge in [-0.2, -0.15) is 4.99 Å². The van der Waals surface area contributed by atoms with E-state index in [-0.39, 0.29) is 35.3 Å². The van der Waals surface area contributed by atoms with Crippen LogP contribution in [0.4, 0.5) is 5.69 Å². The molecule has 0 bridgehead atoms. The van der Waals surface area contributed by atoms with Crippen LogP contribution in [0, 0.1) is 13.8 Å². The summed E-state index contributed by atoms with van der Waals surface area (Å²) >= 11 is 1.38. The van der Waals surface area contributed by atoms with Crippen molar-refractivity contribution in [3.05, 3.63) is 29.3 Å². The summed E-state index contributed by atoms with van der Waals surface area (Å²) in [4.78, 5) is 18.0. The second-order valence-corrected chi connectivity index (χ2v) is 9.49. The molecule has 2 aliphatic heterocycles. The normalized spacial score (nSPS) is 26.8. The van der Waals surface area contributed by atoms with Crippen molar-refractivity contribution in [1.29, 1.82) is 0 Å². The number of amides is 1. The first kappa shape index (κ1) is 17.4. The summed E-state index contributed by atoms with van der Waals surface area (Å²) < 4.78 is 29.0. The molecule has 6 nitrogen and oxygen atoms in total. The van der Waals surface area contributed by atoms with E-state index in [0.29, 0.717) is 5.17 Å². The fraction of sp³-hybridized carbons (Fsp3) is 0.500. The maximum absolute atomic E-state index is 12.1. The number of aliphatic imine (C=N–C) groups is 1. The molecule has 0 N–H and O–H groups in total. The number of amidine groups is 1. The minimum Gasteiger partial charge on any atom is -0.375 e. The highest BCUT2D eigenvalue weighted by molar-refractivity contribution is 8.16. The highest BCUT2D eigenvalue weighted by Crippen LogP contribution is 2.42. The zero-order chi connectivity index (χ0) is 17.5. The fourth-order valence-corrected chi connectivity index (χ4v) is 7.19. The van der Waals surface area contributed by atoms with Gasteiger partial charge in [0.2, 0.25) is 0 Å². The third-order valence-corrected chi connectivity index (χ3v) is 7.44. The molecule has 0 aliphatic carbocycles. The summed E-state index contributed by atoms with van der Waals surface area (Å²) in [5.41, 5.74) is 3.01. The molecule has 1 aromatic carbocycles. The standard InChI is InChI=1S/C16H20N2O4S2/c1-10-5-4-6-11(2)15(10)18-12-8-24(20,21)9-13(12)23-16(18)17-14(19)7-22-3/h4-6,12-13H,7-9H2,1-3H3/t12-,13+/m1/s1. The van der Waals surface area contributed by atoms with Crippen molar-refractivity contribution < 1.29 is 17.9 Å². The smallest absolute Gasteiger partial charge is 0.274 e. The third kappa shape index (κ3) is 3.22. The molecule has 3 rings (SSSR count). The van der Waals surface area contributed by atoms with Crippen LogP contribution in [0.25, 0.3) is 0 Å². The van der Waals surface area contributed by atoms with Crippen molar-refractivity contribution in [1.82, 2.24) is 0 Å². The quantitative estimate of drug-likeness (QED) is 0.806. The number of methoxy groups -OCH3 is 1. The molecular formula is C16H20N2O4S2. The fourth-order valence-electron chi connectivity index (χ4n) is 3.27. The third-order valence-electron chi connectivity index (χ3n) is 4.24. The highest BCUT2D eigenvalue weighted by atomic mass is 32.2. The molecule has 0 radical (unpaired) electrons. The van der Waals surface area contributed by atoms with Crippen LogP contribution in [-0.4, -0.2) is 56.0 Å². The first-order chi connectivity index (χ1) is 11.3. The van der Waals surface area contributed by atoms with Gasteiger partial charge in [0.25, 0.3) is 5.91 Å². The van der Waals surface area contributed by atoms with Gasteiger partial charge in [0.05, 0.1) is 17.5 Å². The Hall–Kier alpha value is -1.38. The number of carbonyl (C=O) groups excluding carboxylic acids is 1. The number of ether oxygens (including phenoxy) is 1. The van der Waals surface area contributed by atoms with E-state index >= 15 is 0 Å². The number of anilines is 1. The Kier molecular flexibility index (Phi) is 4.72. The van der Waals surface area contributed by atoms with Gasteiger partial charge < -0.3 is 9.64 Å². The number of fused-ring (bicyclic) bond motifs is 1. The highest BCUT2D eigenvalue weighted by Gasteiger charge is 2.49. The maximum Gasteiger partial charge on any atom is 0.274 e. The molecule has 8 heteroatoms. The average molecular weight is 368 g/mol. The number of hydrogen-bond donors (Lipinski definition) is 0. The largest absolute Gasteiger partial charge is 0.375 e. The van der Waals surface area contributed by atoms with Crippen molar-refractivity contribution in [3.63, 3.8) is 0 Å². The zero-order valence-electron chi connectivity index (χ0n) is 13.9. The lowest BCUT2D eigenvalue weighted by atomic mass is 10.1. The van der Waals surface area contributed by atoms with Gasteiger partial charge in [-0.25, -0.2) is 8.42 Å². The lowest BCUT2D eigenvalue weighted by molar-refractivity contribution is -0.121. The van der Waals surface area contributed by atoms with Crippen molar-refractivity contribution in [3.8, 4) is 0 Å². The lowest BCUT2D eigenvalue weighted by Crippen LogP contribution is -2.38. The number of benzene rings is 1. The predicted octanol–water partition coefficient (Wildman–Crippen LogP) is 1.55. The number of carbonyl (C=O) groups is 1. The number of hydrogen-bond acceptors (Lipinski definition) is 5. The zero-order valence-corrected chi connectivity index (χ0v) is 15.5. The molecule has 130 valence electrons. The molecule has 2 heterocycles. The molecule has 0 unspecified atom stereocenters. The Morgan fingerprint density at radius 2 is 2.00 bits per heavy atom. The summed E-state index contributed by atoms with van der Waals surface area (Å²) in [5.74, 6) is -0.143. The molecule has 2 atom stereocenters. The van der Waals surface area contributed by atoms with E-state index in [1.165, 1.54) is 18.9 Å². The topological polar surface area (TPSA) is 76.0 Å². The first-order valence-corrected chi connectivity index (χ1v) is 10.4. The first-order valence-electron chi connectivity index (χ1n) is 7.65. The number of thioether (sulfide) groups is 1. The monoisotopic (exact) mass is 368 g/mol. The number of para-hydroxylation sites is 1. The van der Waals surface area contributed by atoms with E-state index < -0.39 is 9.84 Å². The Balaban J connectivity index is 2.07. The second-order valence-electron chi connectivity index (χ2n) is 6.13. The van der Waals surface area contributed by atoms with Crippen LogP contribution in [0.3, 0.4) is 0 Å². The van der Waals surface area contributed by atoms with Crippen LogP contribution in [-0.2, 0) is 19.4 Å². The molecule has 0 aromatic heterocycles. The molecule has 0 spiro atoms.